The number of rotatable bonds is 2. The summed E-state index contributed by atoms with van der Waals surface area (Å²) in [5, 5.41) is 0. The Bertz CT molecular complexity index is 544. The van der Waals surface area contributed by atoms with Crippen LogP contribution in [0, 0.1) is 11.6 Å². The minimum Gasteiger partial charge on any atom is -0.324 e. The van der Waals surface area contributed by atoms with E-state index in [1.54, 1.807) is 0 Å². The molecule has 17 heavy (non-hydrogen) atoms. The molecule has 0 spiro atoms. The average molecular weight is 261 g/mol. The van der Waals surface area contributed by atoms with Crippen LogP contribution in [0.1, 0.15) is 12.0 Å². The second kappa shape index (κ2) is 4.03. The highest BCUT2D eigenvalue weighted by Crippen LogP contribution is 2.26. The summed E-state index contributed by atoms with van der Waals surface area (Å²) in [5.41, 5.74) is 5.26. The molecule has 1 atom stereocenters. The second-order valence-electron chi connectivity index (χ2n) is 4.62. The fourth-order valence-corrected chi connectivity index (χ4v) is 4.11. The largest absolute Gasteiger partial charge is 0.324 e. The Morgan fingerprint density at radius 1 is 1.35 bits per heavy atom. The summed E-state index contributed by atoms with van der Waals surface area (Å²) in [6, 6.07) is 3.23. The van der Waals surface area contributed by atoms with E-state index in [4.69, 9.17) is 5.73 Å². The highest BCUT2D eigenvalue weighted by molar-refractivity contribution is 7.91. The summed E-state index contributed by atoms with van der Waals surface area (Å²) in [7, 11) is -3.12. The molecule has 0 bridgehead atoms. The first-order valence-corrected chi connectivity index (χ1v) is 7.05. The Hall–Kier alpha value is -1.01. The van der Waals surface area contributed by atoms with Crippen LogP contribution in [0.5, 0.6) is 0 Å². The monoisotopic (exact) mass is 261 g/mol. The van der Waals surface area contributed by atoms with E-state index >= 15 is 0 Å². The van der Waals surface area contributed by atoms with Crippen LogP contribution in [-0.2, 0) is 16.3 Å². The standard InChI is InChI=1S/C11H13F2NO2S/c12-9-2-1-8(10(13)5-9)6-11(14)3-4-17(15,16)7-11/h1-2,5H,3-4,6-7,14H2. The van der Waals surface area contributed by atoms with Gasteiger partial charge in [-0.05, 0) is 24.5 Å². The van der Waals surface area contributed by atoms with E-state index in [-0.39, 0.29) is 23.5 Å². The van der Waals surface area contributed by atoms with Crippen LogP contribution in [-0.4, -0.2) is 25.5 Å². The molecule has 1 heterocycles. The molecule has 1 aromatic carbocycles. The Morgan fingerprint density at radius 3 is 2.59 bits per heavy atom. The summed E-state index contributed by atoms with van der Waals surface area (Å²) in [6.07, 6.45) is 0.421. The van der Waals surface area contributed by atoms with Crippen molar-refractivity contribution in [1.82, 2.24) is 0 Å². The first-order chi connectivity index (χ1) is 7.80. The maximum absolute atomic E-state index is 13.4. The maximum Gasteiger partial charge on any atom is 0.152 e. The lowest BCUT2D eigenvalue weighted by molar-refractivity contribution is 0.461. The molecule has 1 fully saturated rings. The van der Waals surface area contributed by atoms with Crippen LogP contribution in [0.3, 0.4) is 0 Å². The Labute approximate surface area is 98.5 Å². The first-order valence-electron chi connectivity index (χ1n) is 5.23. The van der Waals surface area contributed by atoms with Gasteiger partial charge in [0, 0.05) is 11.6 Å². The number of hydrogen-bond donors (Lipinski definition) is 1. The lowest BCUT2D eigenvalue weighted by Gasteiger charge is -2.22. The molecule has 0 aromatic heterocycles. The van der Waals surface area contributed by atoms with Gasteiger partial charge in [0.2, 0.25) is 0 Å². The Balaban J connectivity index is 2.22. The van der Waals surface area contributed by atoms with Crippen LogP contribution < -0.4 is 5.73 Å². The van der Waals surface area contributed by atoms with E-state index in [1.807, 2.05) is 0 Å². The van der Waals surface area contributed by atoms with Gasteiger partial charge >= 0.3 is 0 Å². The van der Waals surface area contributed by atoms with Crippen molar-refractivity contribution in [3.8, 4) is 0 Å². The summed E-state index contributed by atoms with van der Waals surface area (Å²) < 4.78 is 48.8. The topological polar surface area (TPSA) is 60.2 Å². The van der Waals surface area contributed by atoms with Crippen LogP contribution in [0.4, 0.5) is 8.78 Å². The van der Waals surface area contributed by atoms with Gasteiger partial charge in [0.15, 0.2) is 9.84 Å². The minimum absolute atomic E-state index is 0.0340. The molecular formula is C11H13F2NO2S. The van der Waals surface area contributed by atoms with E-state index in [1.165, 1.54) is 6.07 Å². The molecule has 3 nitrogen and oxygen atoms in total. The number of nitrogens with two attached hydrogens (primary N) is 1. The third-order valence-electron chi connectivity index (χ3n) is 2.98. The molecule has 94 valence electrons. The zero-order valence-electron chi connectivity index (χ0n) is 9.12. The molecule has 1 saturated heterocycles. The summed E-state index contributed by atoms with van der Waals surface area (Å²) in [4.78, 5) is 0. The van der Waals surface area contributed by atoms with Gasteiger partial charge in [-0.2, -0.15) is 0 Å². The third-order valence-corrected chi connectivity index (χ3v) is 4.82. The van der Waals surface area contributed by atoms with E-state index in [0.29, 0.717) is 6.42 Å². The van der Waals surface area contributed by atoms with Crippen molar-refractivity contribution in [2.24, 2.45) is 5.73 Å². The van der Waals surface area contributed by atoms with E-state index in [2.05, 4.69) is 0 Å². The molecule has 2 N–H and O–H groups in total. The molecule has 1 aromatic rings. The van der Waals surface area contributed by atoms with Gasteiger partial charge in [0.25, 0.3) is 0 Å². The number of benzene rings is 1. The van der Waals surface area contributed by atoms with Crippen molar-refractivity contribution < 1.29 is 17.2 Å². The highest BCUT2D eigenvalue weighted by Gasteiger charge is 2.39. The van der Waals surface area contributed by atoms with Gasteiger partial charge in [-0.1, -0.05) is 6.07 Å². The van der Waals surface area contributed by atoms with E-state index in [9.17, 15) is 17.2 Å². The predicted octanol–water partition coefficient (Wildman–Crippen LogP) is 1.02. The molecule has 0 aliphatic carbocycles. The lowest BCUT2D eigenvalue weighted by atomic mass is 9.91. The fraction of sp³-hybridized carbons (Fsp3) is 0.455. The van der Waals surface area contributed by atoms with Gasteiger partial charge in [0.05, 0.1) is 11.5 Å². The average Bonchev–Trinajstić information content (AvgIpc) is 2.46. The van der Waals surface area contributed by atoms with Crippen LogP contribution in [0.2, 0.25) is 0 Å². The smallest absolute Gasteiger partial charge is 0.152 e. The lowest BCUT2D eigenvalue weighted by Crippen LogP contribution is -2.43. The van der Waals surface area contributed by atoms with Crippen molar-refractivity contribution in [2.45, 2.75) is 18.4 Å². The normalized spacial score (nSPS) is 27.2. The van der Waals surface area contributed by atoms with Crippen molar-refractivity contribution in [3.05, 3.63) is 35.4 Å². The van der Waals surface area contributed by atoms with Gasteiger partial charge in [-0.25, -0.2) is 17.2 Å². The molecule has 1 aliphatic heterocycles. The summed E-state index contributed by atoms with van der Waals surface area (Å²) in [6.45, 7) is 0. The Kier molecular flexibility index (Phi) is 2.95. The zero-order chi connectivity index (χ0) is 12.7. The van der Waals surface area contributed by atoms with Crippen LogP contribution in [0.25, 0.3) is 0 Å². The van der Waals surface area contributed by atoms with Crippen molar-refractivity contribution in [2.75, 3.05) is 11.5 Å². The van der Waals surface area contributed by atoms with Gasteiger partial charge in [0.1, 0.15) is 11.6 Å². The molecule has 6 heteroatoms. The summed E-state index contributed by atoms with van der Waals surface area (Å²) in [5.74, 6) is -1.45. The SMILES string of the molecule is NC1(Cc2ccc(F)cc2F)CCS(=O)(=O)C1. The molecule has 0 saturated carbocycles. The predicted molar refractivity (Wildman–Crippen MR) is 60.3 cm³/mol. The number of halogens is 2. The highest BCUT2D eigenvalue weighted by atomic mass is 32.2. The van der Waals surface area contributed by atoms with Crippen LogP contribution in [0.15, 0.2) is 18.2 Å². The van der Waals surface area contributed by atoms with E-state index < -0.39 is 27.0 Å². The molecule has 1 aliphatic rings. The Morgan fingerprint density at radius 2 is 2.06 bits per heavy atom. The van der Waals surface area contributed by atoms with Gasteiger partial charge in [-0.3, -0.25) is 0 Å². The third kappa shape index (κ3) is 2.81. The second-order valence-corrected chi connectivity index (χ2v) is 6.80. The summed E-state index contributed by atoms with van der Waals surface area (Å²) >= 11 is 0. The first kappa shape index (κ1) is 12.4. The number of hydrogen-bond acceptors (Lipinski definition) is 3. The zero-order valence-corrected chi connectivity index (χ0v) is 9.93. The van der Waals surface area contributed by atoms with E-state index in [0.717, 1.165) is 12.1 Å². The quantitative estimate of drug-likeness (QED) is 0.864. The van der Waals surface area contributed by atoms with Crippen LogP contribution >= 0.6 is 0 Å². The van der Waals surface area contributed by atoms with Crippen molar-refractivity contribution in [1.29, 1.82) is 0 Å². The van der Waals surface area contributed by atoms with Crippen molar-refractivity contribution in [3.63, 3.8) is 0 Å². The number of sulfone groups is 1. The van der Waals surface area contributed by atoms with Gasteiger partial charge < -0.3 is 5.73 Å². The van der Waals surface area contributed by atoms with Crippen molar-refractivity contribution >= 4 is 9.84 Å². The molecule has 1 unspecified atom stereocenters. The molecule has 2 rings (SSSR count). The van der Waals surface area contributed by atoms with Gasteiger partial charge in [-0.15, -0.1) is 0 Å². The molecular weight excluding hydrogens is 248 g/mol. The molecule has 0 amide bonds. The molecule has 0 radical (unpaired) electrons. The maximum atomic E-state index is 13.4. The minimum atomic E-state index is -3.12. The fourth-order valence-electron chi connectivity index (χ4n) is 2.12.